The van der Waals surface area contributed by atoms with Crippen LogP contribution in [0, 0.1) is 6.92 Å². The molecule has 1 aromatic rings. The van der Waals surface area contributed by atoms with Gasteiger partial charge in [-0.3, -0.25) is 9.59 Å². The lowest BCUT2D eigenvalue weighted by atomic mass is 10.1. The fourth-order valence-corrected chi connectivity index (χ4v) is 1.95. The highest BCUT2D eigenvalue weighted by Crippen LogP contribution is 2.33. The molecule has 108 valence electrons. The normalized spacial score (nSPS) is 15.8. The molecule has 2 rings (SSSR count). The first-order valence-corrected chi connectivity index (χ1v) is 6.84. The second-order valence-electron chi connectivity index (χ2n) is 5.77. The summed E-state index contributed by atoms with van der Waals surface area (Å²) in [6, 6.07) is 5.33. The zero-order chi connectivity index (χ0) is 14.9. The van der Waals surface area contributed by atoms with E-state index in [0.29, 0.717) is 11.3 Å². The summed E-state index contributed by atoms with van der Waals surface area (Å²) in [5.74, 6) is -0.260. The first-order valence-electron chi connectivity index (χ1n) is 6.84. The monoisotopic (exact) mass is 275 g/mol. The van der Waals surface area contributed by atoms with Gasteiger partial charge in [0.1, 0.15) is 0 Å². The number of amides is 2. The van der Waals surface area contributed by atoms with Crippen molar-refractivity contribution in [2.45, 2.75) is 45.2 Å². The standard InChI is InChI=1S/C15H21N3O2/c1-9(2)17-13(19)12-5-4-11(8-10(12)3)18-14(20)15(16)6-7-15/h4-5,8-9H,6-7,16H2,1-3H3,(H,17,19)(H,18,20). The molecule has 0 heterocycles. The molecule has 20 heavy (non-hydrogen) atoms. The Morgan fingerprint density at radius 3 is 2.45 bits per heavy atom. The summed E-state index contributed by atoms with van der Waals surface area (Å²) in [4.78, 5) is 23.8. The lowest BCUT2D eigenvalue weighted by Gasteiger charge is -2.13. The Hall–Kier alpha value is -1.88. The van der Waals surface area contributed by atoms with Crippen LogP contribution in [0.4, 0.5) is 5.69 Å². The van der Waals surface area contributed by atoms with Crippen LogP contribution < -0.4 is 16.4 Å². The molecule has 0 unspecified atom stereocenters. The van der Waals surface area contributed by atoms with Crippen molar-refractivity contribution in [3.63, 3.8) is 0 Å². The topological polar surface area (TPSA) is 84.2 Å². The summed E-state index contributed by atoms with van der Waals surface area (Å²) in [6.45, 7) is 5.68. The van der Waals surface area contributed by atoms with Crippen LogP contribution in [0.5, 0.6) is 0 Å². The summed E-state index contributed by atoms with van der Waals surface area (Å²) in [5.41, 5.74) is 7.25. The van der Waals surface area contributed by atoms with Crippen molar-refractivity contribution in [1.82, 2.24) is 5.32 Å². The summed E-state index contributed by atoms with van der Waals surface area (Å²) < 4.78 is 0. The molecule has 0 atom stereocenters. The molecule has 2 amide bonds. The minimum atomic E-state index is -0.693. The molecule has 1 aromatic carbocycles. The van der Waals surface area contributed by atoms with Crippen LogP contribution in [0.1, 0.15) is 42.6 Å². The molecule has 1 saturated carbocycles. The van der Waals surface area contributed by atoms with E-state index in [9.17, 15) is 9.59 Å². The van der Waals surface area contributed by atoms with Crippen LogP contribution in [0.2, 0.25) is 0 Å². The van der Waals surface area contributed by atoms with Gasteiger partial charge < -0.3 is 16.4 Å². The van der Waals surface area contributed by atoms with Crippen LogP contribution in [-0.4, -0.2) is 23.4 Å². The minimum absolute atomic E-state index is 0.0910. The Morgan fingerprint density at radius 2 is 1.95 bits per heavy atom. The molecule has 5 nitrogen and oxygen atoms in total. The number of hydrogen-bond acceptors (Lipinski definition) is 3. The average molecular weight is 275 g/mol. The van der Waals surface area contributed by atoms with E-state index in [1.54, 1.807) is 18.2 Å². The molecule has 0 saturated heterocycles. The van der Waals surface area contributed by atoms with E-state index in [4.69, 9.17) is 5.73 Å². The highest BCUT2D eigenvalue weighted by atomic mass is 16.2. The molecule has 5 heteroatoms. The van der Waals surface area contributed by atoms with Crippen molar-refractivity contribution in [2.75, 3.05) is 5.32 Å². The fourth-order valence-electron chi connectivity index (χ4n) is 1.95. The first kappa shape index (κ1) is 14.5. The number of hydrogen-bond donors (Lipinski definition) is 3. The van der Waals surface area contributed by atoms with Crippen molar-refractivity contribution in [3.8, 4) is 0 Å². The number of nitrogens with one attached hydrogen (secondary N) is 2. The van der Waals surface area contributed by atoms with Gasteiger partial charge >= 0.3 is 0 Å². The molecule has 0 aliphatic heterocycles. The van der Waals surface area contributed by atoms with E-state index in [1.165, 1.54) is 0 Å². The second-order valence-corrected chi connectivity index (χ2v) is 5.77. The molecular formula is C15H21N3O2. The highest BCUT2D eigenvalue weighted by molar-refractivity contribution is 6.01. The van der Waals surface area contributed by atoms with Crippen molar-refractivity contribution < 1.29 is 9.59 Å². The van der Waals surface area contributed by atoms with Gasteiger partial charge in [-0.15, -0.1) is 0 Å². The van der Waals surface area contributed by atoms with Crippen LogP contribution in [-0.2, 0) is 4.79 Å². The van der Waals surface area contributed by atoms with E-state index in [1.807, 2.05) is 20.8 Å². The van der Waals surface area contributed by atoms with E-state index in [2.05, 4.69) is 10.6 Å². The summed E-state index contributed by atoms with van der Waals surface area (Å²) in [6.07, 6.45) is 1.46. The Kier molecular flexibility index (Phi) is 3.81. The summed E-state index contributed by atoms with van der Waals surface area (Å²) in [7, 11) is 0. The summed E-state index contributed by atoms with van der Waals surface area (Å²) in [5, 5.41) is 5.64. The van der Waals surface area contributed by atoms with Gasteiger partial charge in [0.05, 0.1) is 5.54 Å². The van der Waals surface area contributed by atoms with Crippen LogP contribution >= 0.6 is 0 Å². The maximum absolute atomic E-state index is 12.0. The smallest absolute Gasteiger partial charge is 0.251 e. The zero-order valence-corrected chi connectivity index (χ0v) is 12.1. The lowest BCUT2D eigenvalue weighted by molar-refractivity contribution is -0.118. The van der Waals surface area contributed by atoms with E-state index in [-0.39, 0.29) is 17.9 Å². The van der Waals surface area contributed by atoms with E-state index < -0.39 is 5.54 Å². The molecule has 0 bridgehead atoms. The molecule has 1 fully saturated rings. The Bertz CT molecular complexity index is 548. The van der Waals surface area contributed by atoms with Gasteiger partial charge in [0.15, 0.2) is 0 Å². The SMILES string of the molecule is Cc1cc(NC(=O)C2(N)CC2)ccc1C(=O)NC(C)C. The number of rotatable bonds is 4. The lowest BCUT2D eigenvalue weighted by Crippen LogP contribution is -2.37. The molecule has 1 aliphatic carbocycles. The van der Waals surface area contributed by atoms with Crippen LogP contribution in [0.3, 0.4) is 0 Å². The predicted octanol–water partition coefficient (Wildman–Crippen LogP) is 1.56. The van der Waals surface area contributed by atoms with Crippen molar-refractivity contribution in [1.29, 1.82) is 0 Å². The molecule has 0 radical (unpaired) electrons. The van der Waals surface area contributed by atoms with Crippen molar-refractivity contribution in [3.05, 3.63) is 29.3 Å². The Balaban J connectivity index is 2.09. The first-order chi connectivity index (χ1) is 9.32. The average Bonchev–Trinajstić information content (AvgIpc) is 3.07. The van der Waals surface area contributed by atoms with Gasteiger partial charge in [0.2, 0.25) is 5.91 Å². The summed E-state index contributed by atoms with van der Waals surface area (Å²) >= 11 is 0. The number of benzene rings is 1. The number of carbonyl (C=O) groups is 2. The molecular weight excluding hydrogens is 254 g/mol. The molecule has 0 aromatic heterocycles. The number of carbonyl (C=O) groups excluding carboxylic acids is 2. The van der Waals surface area contributed by atoms with Gasteiger partial charge in [-0.2, -0.15) is 0 Å². The number of nitrogens with two attached hydrogens (primary N) is 1. The van der Waals surface area contributed by atoms with Crippen LogP contribution in [0.25, 0.3) is 0 Å². The van der Waals surface area contributed by atoms with E-state index >= 15 is 0 Å². The number of anilines is 1. The third-order valence-corrected chi connectivity index (χ3v) is 3.39. The fraction of sp³-hybridized carbons (Fsp3) is 0.467. The minimum Gasteiger partial charge on any atom is -0.350 e. The Labute approximate surface area is 118 Å². The molecule has 4 N–H and O–H groups in total. The van der Waals surface area contributed by atoms with Crippen LogP contribution in [0.15, 0.2) is 18.2 Å². The predicted molar refractivity (Wildman–Crippen MR) is 78.6 cm³/mol. The third-order valence-electron chi connectivity index (χ3n) is 3.39. The van der Waals surface area contributed by atoms with Gasteiger partial charge in [0.25, 0.3) is 5.91 Å². The Morgan fingerprint density at radius 1 is 1.30 bits per heavy atom. The highest BCUT2D eigenvalue weighted by Gasteiger charge is 2.45. The molecule has 1 aliphatic rings. The van der Waals surface area contributed by atoms with Gasteiger partial charge in [0, 0.05) is 17.3 Å². The quantitative estimate of drug-likeness (QED) is 0.779. The second kappa shape index (κ2) is 5.25. The third kappa shape index (κ3) is 3.17. The van der Waals surface area contributed by atoms with Crippen molar-refractivity contribution >= 4 is 17.5 Å². The number of aryl methyl sites for hydroxylation is 1. The maximum atomic E-state index is 12.0. The van der Waals surface area contributed by atoms with Crippen molar-refractivity contribution in [2.24, 2.45) is 5.73 Å². The maximum Gasteiger partial charge on any atom is 0.251 e. The van der Waals surface area contributed by atoms with Gasteiger partial charge in [-0.25, -0.2) is 0 Å². The van der Waals surface area contributed by atoms with Gasteiger partial charge in [-0.05, 0) is 57.4 Å². The largest absolute Gasteiger partial charge is 0.350 e. The van der Waals surface area contributed by atoms with Gasteiger partial charge in [-0.1, -0.05) is 0 Å². The zero-order valence-electron chi connectivity index (χ0n) is 12.1. The molecule has 0 spiro atoms. The van der Waals surface area contributed by atoms with E-state index in [0.717, 1.165) is 18.4 Å².